The van der Waals surface area contributed by atoms with E-state index in [1.807, 2.05) is 107 Å². The Morgan fingerprint density at radius 1 is 0.521 bits per heavy atom. The number of benzene rings is 5. The lowest BCUT2D eigenvalue weighted by Gasteiger charge is -2.42. The second-order valence-electron chi connectivity index (χ2n) is 25.3. The summed E-state index contributed by atoms with van der Waals surface area (Å²) >= 11 is 23.4. The molecule has 3 amide bonds. The van der Waals surface area contributed by atoms with E-state index in [1.54, 1.807) is 45.6 Å². The van der Waals surface area contributed by atoms with Crippen LogP contribution in [0.3, 0.4) is 0 Å². The number of fused-ring (bicyclic) bond motifs is 9. The van der Waals surface area contributed by atoms with E-state index >= 15 is 0 Å². The molecule has 3 aliphatic heterocycles. The maximum Gasteiger partial charge on any atom is 0.256 e. The van der Waals surface area contributed by atoms with Gasteiger partial charge in [0.2, 0.25) is 0 Å². The van der Waals surface area contributed by atoms with Crippen LogP contribution in [-0.4, -0.2) is 80.8 Å². The summed E-state index contributed by atoms with van der Waals surface area (Å²) in [4.78, 5) is 68.8. The molecule has 0 bridgehead atoms. The van der Waals surface area contributed by atoms with Crippen molar-refractivity contribution < 1.29 is 23.9 Å². The Bertz CT molecular complexity index is 4570. The number of hydrogen-bond acceptors (Lipinski definition) is 11. The maximum atomic E-state index is 13.8. The Hall–Kier alpha value is -8.48. The molecule has 0 saturated heterocycles. The van der Waals surface area contributed by atoms with Gasteiger partial charge in [0, 0.05) is 82.7 Å². The Labute approximate surface area is 568 Å². The molecule has 94 heavy (non-hydrogen) atoms. The number of carbonyl (C=O) groups excluding carboxylic acids is 3. The van der Waals surface area contributed by atoms with Crippen molar-refractivity contribution in [3.8, 4) is 22.9 Å². The van der Waals surface area contributed by atoms with Gasteiger partial charge in [-0.1, -0.05) is 145 Å². The highest BCUT2D eigenvalue weighted by Crippen LogP contribution is 2.54. The van der Waals surface area contributed by atoms with Gasteiger partial charge in [-0.3, -0.25) is 14.4 Å². The molecule has 5 aromatic carbocycles. The van der Waals surface area contributed by atoms with Crippen molar-refractivity contribution in [2.24, 2.45) is 0 Å². The number of amides is 3. The number of methoxy groups -OCH3 is 2. The molecule has 3 spiro atoms. The number of rotatable bonds is 8. The van der Waals surface area contributed by atoms with Crippen LogP contribution in [0.25, 0.3) is 39.5 Å². The van der Waals surface area contributed by atoms with Gasteiger partial charge in [-0.05, 0) is 139 Å². The number of nitrogens with zero attached hydrogens (tertiary/aromatic N) is 10. The van der Waals surface area contributed by atoms with Crippen LogP contribution in [-0.2, 0) is 36.1 Å². The molecule has 1 N–H and O–H groups in total. The van der Waals surface area contributed by atoms with Gasteiger partial charge in [0.1, 0.15) is 41.8 Å². The monoisotopic (exact) mass is 1380 g/mol. The van der Waals surface area contributed by atoms with Crippen LogP contribution in [0.2, 0.25) is 15.1 Å². The Morgan fingerprint density at radius 2 is 0.979 bits per heavy atom. The standard InChI is InChI=1S/C27H25ClN4O2.C21H21BrClNO2.C19H17ClN4O.C7H6N2/c1-34-21-7-5-18(6-8-21)16-32-26(33)24-22(27(32)10-3-2-4-11-27)13-20(14-23(24)28)31-12-9-19-15-29-17-30-25(19)31;1-26-16-7-5-14(6-8-16)13-24-20(25)19-17(11-15(22)12-18(19)23)21(24)9-3-2-4-10-21;20-15-9-13(24-7-4-12-10-21-11-22-17(12)24)8-14-16(15)18(25)23-19(14)5-2-1-3-6-19;1-2-6-4-8-5-9-7(6)3-1/h5-9,12-15,17H,2-4,10-11,16H2,1H3;5-8,11-12H,2-4,9-10,13H2,1H3;4,7-11H,1-3,5-6H2,(H,23,25);1-2,4-5H,3H2. The molecule has 0 unspecified atom stereocenters. The van der Waals surface area contributed by atoms with Gasteiger partial charge >= 0.3 is 0 Å². The Balaban J connectivity index is 0.000000115. The van der Waals surface area contributed by atoms with E-state index in [1.165, 1.54) is 19.3 Å². The first-order chi connectivity index (χ1) is 45.8. The van der Waals surface area contributed by atoms with Gasteiger partial charge in [0.05, 0.1) is 68.3 Å². The molecule has 7 aliphatic rings. The summed E-state index contributed by atoms with van der Waals surface area (Å²) in [6.45, 7) is 1.13. The van der Waals surface area contributed by atoms with Crippen molar-refractivity contribution in [2.45, 2.75) is 132 Å². The van der Waals surface area contributed by atoms with E-state index in [4.69, 9.17) is 44.3 Å². The first kappa shape index (κ1) is 62.9. The Morgan fingerprint density at radius 3 is 1.49 bits per heavy atom. The summed E-state index contributed by atoms with van der Waals surface area (Å²) in [6, 6.07) is 31.8. The molecule has 16 nitrogen and oxygen atoms in total. The number of halogens is 4. The molecular formula is C74H69BrCl3N11O5. The summed E-state index contributed by atoms with van der Waals surface area (Å²) in [7, 11) is 3.32. The minimum Gasteiger partial charge on any atom is -0.497 e. The zero-order valence-electron chi connectivity index (χ0n) is 52.3. The molecule has 8 heterocycles. The number of aromatic nitrogens is 8. The lowest BCUT2D eigenvalue weighted by molar-refractivity contribution is 0.0380. The second-order valence-corrected chi connectivity index (χ2v) is 27.4. The summed E-state index contributed by atoms with van der Waals surface area (Å²) in [5.41, 5.74) is 12.3. The first-order valence-electron chi connectivity index (χ1n) is 32.2. The van der Waals surface area contributed by atoms with Gasteiger partial charge in [-0.25, -0.2) is 29.9 Å². The van der Waals surface area contributed by atoms with Crippen LogP contribution in [0.1, 0.15) is 166 Å². The van der Waals surface area contributed by atoms with Crippen LogP contribution in [0.4, 0.5) is 0 Å². The van der Waals surface area contributed by atoms with E-state index in [-0.39, 0.29) is 34.3 Å². The molecule has 17 rings (SSSR count). The molecule has 3 saturated carbocycles. The molecule has 4 aliphatic carbocycles. The van der Waals surface area contributed by atoms with Gasteiger partial charge in [0.15, 0.2) is 0 Å². The average Bonchev–Trinajstić information content (AvgIpc) is 1.62. The second kappa shape index (κ2) is 26.4. The summed E-state index contributed by atoms with van der Waals surface area (Å²) in [5.74, 6) is 1.65. The number of allylic oxidation sites excluding steroid dienone is 1. The van der Waals surface area contributed by atoms with E-state index in [9.17, 15) is 14.4 Å². The third-order valence-electron chi connectivity index (χ3n) is 20.0. The Kier molecular flexibility index (Phi) is 17.7. The molecular weight excluding hydrogens is 1310 g/mol. The molecule has 478 valence electrons. The van der Waals surface area contributed by atoms with E-state index < -0.39 is 0 Å². The van der Waals surface area contributed by atoms with Crippen molar-refractivity contribution in [2.75, 3.05) is 14.2 Å². The zero-order chi connectivity index (χ0) is 64.7. The quantitative estimate of drug-likeness (QED) is 0.153. The van der Waals surface area contributed by atoms with Gasteiger partial charge in [-0.2, -0.15) is 0 Å². The van der Waals surface area contributed by atoms with Gasteiger partial charge < -0.3 is 33.7 Å². The van der Waals surface area contributed by atoms with Crippen LogP contribution in [0.15, 0.2) is 158 Å². The first-order valence-corrected chi connectivity index (χ1v) is 34.1. The van der Waals surface area contributed by atoms with Crippen LogP contribution < -0.4 is 14.8 Å². The fourth-order valence-electron chi connectivity index (χ4n) is 15.4. The summed E-state index contributed by atoms with van der Waals surface area (Å²) in [5, 5.41) is 6.70. The number of carbonyl (C=O) groups is 3. The smallest absolute Gasteiger partial charge is 0.256 e. The van der Waals surface area contributed by atoms with Crippen LogP contribution in [0, 0.1) is 0 Å². The molecule has 3 fully saturated rings. The molecule has 0 atom stereocenters. The molecule has 10 aromatic rings. The van der Waals surface area contributed by atoms with E-state index in [2.05, 4.69) is 91.3 Å². The third-order valence-corrected chi connectivity index (χ3v) is 21.4. The predicted molar refractivity (Wildman–Crippen MR) is 369 cm³/mol. The summed E-state index contributed by atoms with van der Waals surface area (Å²) in [6.07, 6.45) is 35.3. The average molecular weight is 1380 g/mol. The maximum absolute atomic E-state index is 13.8. The number of ether oxygens (including phenoxy) is 2. The van der Waals surface area contributed by atoms with Crippen LogP contribution >= 0.6 is 50.7 Å². The fraction of sp³-hybridized carbons (Fsp3) is 0.311. The number of hydrogen-bond donors (Lipinski definition) is 1. The highest BCUT2D eigenvalue weighted by atomic mass is 79.9. The topological polar surface area (TPSA) is 175 Å². The summed E-state index contributed by atoms with van der Waals surface area (Å²) < 4.78 is 15.5. The van der Waals surface area contributed by atoms with Crippen molar-refractivity contribution in [1.29, 1.82) is 0 Å². The molecule has 5 aromatic heterocycles. The van der Waals surface area contributed by atoms with Crippen molar-refractivity contribution in [3.05, 3.63) is 228 Å². The SMILES string of the molecule is C1=Cc2cncnc2C1.COc1ccc(CN2C(=O)c3c(Cl)cc(-n4ccc5cncnc54)cc3C23CCCCC3)cc1.COc1ccc(CN2C(=O)c3c(Cl)cc(Br)cc3C23CCCCC3)cc1.O=C1NC2(CCCCC2)c2cc(-n3ccc4cncnc43)cc(Cl)c21. The minimum absolute atomic E-state index is 0.0176. The van der Waals surface area contributed by atoms with Gasteiger partial charge in [-0.15, -0.1) is 0 Å². The lowest BCUT2D eigenvalue weighted by Crippen LogP contribution is -2.44. The van der Waals surface area contributed by atoms with Gasteiger partial charge in [0.25, 0.3) is 17.7 Å². The highest BCUT2D eigenvalue weighted by molar-refractivity contribution is 9.10. The highest BCUT2D eigenvalue weighted by Gasteiger charge is 2.53. The van der Waals surface area contributed by atoms with Crippen molar-refractivity contribution in [1.82, 2.24) is 54.2 Å². The van der Waals surface area contributed by atoms with Crippen molar-refractivity contribution >= 4 is 96.6 Å². The largest absolute Gasteiger partial charge is 0.497 e. The van der Waals surface area contributed by atoms with E-state index in [0.29, 0.717) is 44.8 Å². The normalized spacial score (nSPS) is 17.4. The lowest BCUT2D eigenvalue weighted by atomic mass is 9.76. The number of nitrogens with one attached hydrogen (secondary N) is 1. The predicted octanol–water partition coefficient (Wildman–Crippen LogP) is 16.8. The minimum atomic E-state index is -0.345. The molecule has 0 radical (unpaired) electrons. The zero-order valence-corrected chi connectivity index (χ0v) is 56.1. The fourth-order valence-corrected chi connectivity index (χ4v) is 16.9. The van der Waals surface area contributed by atoms with Crippen molar-refractivity contribution in [3.63, 3.8) is 0 Å². The van der Waals surface area contributed by atoms with Crippen LogP contribution in [0.5, 0.6) is 11.5 Å². The third kappa shape index (κ3) is 11.6. The molecule has 20 heteroatoms. The van der Waals surface area contributed by atoms with E-state index in [0.717, 1.165) is 172 Å².